The van der Waals surface area contributed by atoms with Gasteiger partial charge in [0.05, 0.1) is 0 Å². The van der Waals surface area contributed by atoms with Gasteiger partial charge >= 0.3 is 0 Å². The highest BCUT2D eigenvalue weighted by atomic mass is 32.2. The van der Waals surface area contributed by atoms with E-state index in [2.05, 4.69) is 9.97 Å². The fraction of sp³-hybridized carbons (Fsp3) is 0.111. The molecule has 3 rings (SSSR count). The maximum atomic E-state index is 13.7. The van der Waals surface area contributed by atoms with Gasteiger partial charge in [-0.25, -0.2) is 18.2 Å². The van der Waals surface area contributed by atoms with E-state index in [-0.39, 0.29) is 17.2 Å². The number of hydrogen-bond donors (Lipinski definition) is 0. The van der Waals surface area contributed by atoms with E-state index in [0.717, 1.165) is 30.0 Å². The Balaban J connectivity index is 1.76. The Hall–Kier alpha value is -2.54. The summed E-state index contributed by atoms with van der Waals surface area (Å²) in [4.78, 5) is 8.46. The lowest BCUT2D eigenvalue weighted by atomic mass is 10.2. The van der Waals surface area contributed by atoms with E-state index in [1.165, 1.54) is 18.2 Å². The zero-order valence-corrected chi connectivity index (χ0v) is 14.0. The lowest BCUT2D eigenvalue weighted by Crippen LogP contribution is -1.96. The summed E-state index contributed by atoms with van der Waals surface area (Å²) in [5.41, 5.74) is 0.867. The van der Waals surface area contributed by atoms with Crippen molar-refractivity contribution in [2.24, 2.45) is 0 Å². The summed E-state index contributed by atoms with van der Waals surface area (Å²) < 4.78 is 45.7. The SMILES string of the molecule is Cc1cc(Oc2cccc(F)c2)nc(SCc2cc(F)ccc2F)n1. The number of benzene rings is 2. The normalized spacial score (nSPS) is 10.7. The predicted molar refractivity (Wildman–Crippen MR) is 89.2 cm³/mol. The van der Waals surface area contributed by atoms with Gasteiger partial charge in [0, 0.05) is 29.1 Å². The van der Waals surface area contributed by atoms with Crippen molar-refractivity contribution in [2.75, 3.05) is 0 Å². The molecule has 0 N–H and O–H groups in total. The Morgan fingerprint density at radius 2 is 1.76 bits per heavy atom. The van der Waals surface area contributed by atoms with Crippen molar-refractivity contribution < 1.29 is 17.9 Å². The van der Waals surface area contributed by atoms with Gasteiger partial charge in [0.1, 0.15) is 23.2 Å². The third-order valence-corrected chi connectivity index (χ3v) is 4.09. The minimum absolute atomic E-state index is 0.173. The molecule has 25 heavy (non-hydrogen) atoms. The van der Waals surface area contributed by atoms with E-state index in [4.69, 9.17) is 4.74 Å². The molecule has 1 aromatic heterocycles. The number of aryl methyl sites for hydroxylation is 1. The molecule has 0 spiro atoms. The number of rotatable bonds is 5. The summed E-state index contributed by atoms with van der Waals surface area (Å²) in [6.07, 6.45) is 0. The standard InChI is InChI=1S/C18H13F3N2OS/c1-11-7-17(24-15-4-2-3-13(19)9-15)23-18(22-11)25-10-12-8-14(20)5-6-16(12)21/h2-9H,10H2,1H3. The third-order valence-electron chi connectivity index (χ3n) is 3.19. The van der Waals surface area contributed by atoms with E-state index in [1.807, 2.05) is 0 Å². The third kappa shape index (κ3) is 4.73. The van der Waals surface area contributed by atoms with Gasteiger partial charge in [0.15, 0.2) is 5.16 Å². The van der Waals surface area contributed by atoms with Gasteiger partial charge in [-0.1, -0.05) is 17.8 Å². The van der Waals surface area contributed by atoms with Crippen molar-refractivity contribution in [3.63, 3.8) is 0 Å². The average Bonchev–Trinajstić information content (AvgIpc) is 2.55. The lowest BCUT2D eigenvalue weighted by Gasteiger charge is -2.08. The van der Waals surface area contributed by atoms with Crippen molar-refractivity contribution in [1.29, 1.82) is 0 Å². The Bertz CT molecular complexity index is 905. The van der Waals surface area contributed by atoms with Crippen LogP contribution in [0.15, 0.2) is 53.7 Å². The molecule has 0 fully saturated rings. The molecule has 0 aliphatic heterocycles. The zero-order chi connectivity index (χ0) is 17.8. The van der Waals surface area contributed by atoms with Crippen LogP contribution in [0.1, 0.15) is 11.3 Å². The molecule has 0 bridgehead atoms. The molecule has 1 heterocycles. The van der Waals surface area contributed by atoms with Crippen LogP contribution in [0.3, 0.4) is 0 Å². The fourth-order valence-corrected chi connectivity index (χ4v) is 2.95. The second-order valence-corrected chi connectivity index (χ2v) is 6.16. The van der Waals surface area contributed by atoms with Crippen LogP contribution in [0.5, 0.6) is 11.6 Å². The molecule has 0 unspecified atom stereocenters. The van der Waals surface area contributed by atoms with Gasteiger partial charge < -0.3 is 4.74 Å². The number of nitrogens with zero attached hydrogens (tertiary/aromatic N) is 2. The molecule has 0 aliphatic rings. The van der Waals surface area contributed by atoms with Gasteiger partial charge in [-0.3, -0.25) is 0 Å². The first kappa shape index (κ1) is 17.3. The second-order valence-electron chi connectivity index (χ2n) is 5.21. The highest BCUT2D eigenvalue weighted by Gasteiger charge is 2.09. The van der Waals surface area contributed by atoms with E-state index in [1.54, 1.807) is 19.1 Å². The second kappa shape index (κ2) is 7.57. The maximum absolute atomic E-state index is 13.7. The zero-order valence-electron chi connectivity index (χ0n) is 13.2. The topological polar surface area (TPSA) is 35.0 Å². The Morgan fingerprint density at radius 1 is 0.960 bits per heavy atom. The summed E-state index contributed by atoms with van der Waals surface area (Å²) in [6.45, 7) is 1.76. The predicted octanol–water partition coefficient (Wildman–Crippen LogP) is 5.29. The van der Waals surface area contributed by atoms with Gasteiger partial charge in [-0.05, 0) is 37.3 Å². The molecule has 7 heteroatoms. The number of hydrogen-bond acceptors (Lipinski definition) is 4. The molecule has 0 amide bonds. The first-order chi connectivity index (χ1) is 12.0. The number of ether oxygens (including phenoxy) is 1. The number of aromatic nitrogens is 2. The molecule has 0 saturated carbocycles. The van der Waals surface area contributed by atoms with Gasteiger partial charge in [0.2, 0.25) is 5.88 Å². The lowest BCUT2D eigenvalue weighted by molar-refractivity contribution is 0.450. The van der Waals surface area contributed by atoms with Crippen LogP contribution < -0.4 is 4.74 Å². The highest BCUT2D eigenvalue weighted by Crippen LogP contribution is 2.26. The minimum Gasteiger partial charge on any atom is -0.439 e. The van der Waals surface area contributed by atoms with Crippen LogP contribution in [-0.2, 0) is 5.75 Å². The molecule has 3 nitrogen and oxygen atoms in total. The molecule has 3 aromatic rings. The molecule has 2 aromatic carbocycles. The van der Waals surface area contributed by atoms with Crippen LogP contribution >= 0.6 is 11.8 Å². The van der Waals surface area contributed by atoms with E-state index < -0.39 is 17.5 Å². The van der Waals surface area contributed by atoms with Crippen LogP contribution in [0.25, 0.3) is 0 Å². The number of thioether (sulfide) groups is 1. The molecule has 128 valence electrons. The molecular weight excluding hydrogens is 349 g/mol. The highest BCUT2D eigenvalue weighted by molar-refractivity contribution is 7.98. The van der Waals surface area contributed by atoms with Crippen LogP contribution in [0, 0.1) is 24.4 Å². The largest absolute Gasteiger partial charge is 0.439 e. The summed E-state index contributed by atoms with van der Waals surface area (Å²) >= 11 is 1.16. The molecule has 0 aliphatic carbocycles. The molecule has 0 atom stereocenters. The van der Waals surface area contributed by atoms with Gasteiger partial charge in [0.25, 0.3) is 0 Å². The monoisotopic (exact) mass is 362 g/mol. The van der Waals surface area contributed by atoms with Crippen molar-refractivity contribution in [3.8, 4) is 11.6 Å². The molecule has 0 radical (unpaired) electrons. The minimum atomic E-state index is -0.503. The van der Waals surface area contributed by atoms with E-state index in [0.29, 0.717) is 16.6 Å². The molecule has 0 saturated heterocycles. The van der Waals surface area contributed by atoms with Crippen molar-refractivity contribution in [1.82, 2.24) is 9.97 Å². The average molecular weight is 362 g/mol. The van der Waals surface area contributed by atoms with Crippen molar-refractivity contribution in [2.45, 2.75) is 17.8 Å². The van der Waals surface area contributed by atoms with E-state index in [9.17, 15) is 13.2 Å². The fourth-order valence-electron chi connectivity index (χ4n) is 2.08. The van der Waals surface area contributed by atoms with E-state index >= 15 is 0 Å². The summed E-state index contributed by atoms with van der Waals surface area (Å²) in [7, 11) is 0. The van der Waals surface area contributed by atoms with Crippen molar-refractivity contribution >= 4 is 11.8 Å². The maximum Gasteiger partial charge on any atom is 0.223 e. The first-order valence-electron chi connectivity index (χ1n) is 7.35. The first-order valence-corrected chi connectivity index (χ1v) is 8.34. The summed E-state index contributed by atoms with van der Waals surface area (Å²) in [5, 5.41) is 0.357. The van der Waals surface area contributed by atoms with Gasteiger partial charge in [-0.15, -0.1) is 0 Å². The Kier molecular flexibility index (Phi) is 5.23. The Morgan fingerprint density at radius 3 is 2.56 bits per heavy atom. The Labute approximate surface area is 146 Å². The summed E-state index contributed by atoms with van der Waals surface area (Å²) in [6, 6.07) is 10.6. The van der Waals surface area contributed by atoms with Crippen LogP contribution in [-0.4, -0.2) is 9.97 Å². The van der Waals surface area contributed by atoms with Crippen LogP contribution in [0.4, 0.5) is 13.2 Å². The smallest absolute Gasteiger partial charge is 0.223 e. The molecular formula is C18H13F3N2OS. The summed E-state index contributed by atoms with van der Waals surface area (Å²) in [5.74, 6) is -0.674. The number of halogens is 3. The van der Waals surface area contributed by atoms with Crippen molar-refractivity contribution in [3.05, 3.63) is 77.2 Å². The van der Waals surface area contributed by atoms with Crippen LogP contribution in [0.2, 0.25) is 0 Å². The quantitative estimate of drug-likeness (QED) is 0.456. The van der Waals surface area contributed by atoms with Gasteiger partial charge in [-0.2, -0.15) is 4.98 Å².